The van der Waals surface area contributed by atoms with Crippen molar-refractivity contribution in [3.8, 4) is 0 Å². The number of hydrogen-bond donors (Lipinski definition) is 2. The molecule has 0 aliphatic rings. The highest BCUT2D eigenvalue weighted by Crippen LogP contribution is 2.03. The van der Waals surface area contributed by atoms with Crippen LogP contribution in [0, 0.1) is 0 Å². The summed E-state index contributed by atoms with van der Waals surface area (Å²) in [5.41, 5.74) is 0. The molecule has 130 valence electrons. The molecule has 0 saturated carbocycles. The van der Waals surface area contributed by atoms with Gasteiger partial charge in [0.2, 0.25) is 11.8 Å². The molecule has 0 saturated heterocycles. The molecular weight excluding hydrogens is 363 g/mol. The number of unbranched alkanes of at least 4 members (excludes halogenated alkanes) is 1. The molecule has 0 atom stereocenters. The van der Waals surface area contributed by atoms with Gasteiger partial charge in [0.25, 0.3) is 0 Å². The number of halogens is 2. The van der Waals surface area contributed by atoms with Gasteiger partial charge in [-0.05, 0) is 12.8 Å². The second-order valence-electron chi connectivity index (χ2n) is 4.51. The number of carbonyl (C=O) groups excluding carboxylic acids is 2. The number of nitrogens with one attached hydrogen (secondary N) is 2. The quantitative estimate of drug-likeness (QED) is 0.334. The minimum Gasteiger partial charge on any atom is -0.356 e. The van der Waals surface area contributed by atoms with Gasteiger partial charge in [0.05, 0.1) is 0 Å². The first-order valence-electron chi connectivity index (χ1n) is 7.51. The molecule has 0 rings (SSSR count). The Labute approximate surface area is 152 Å². The summed E-state index contributed by atoms with van der Waals surface area (Å²) in [5.74, 6) is 4.84. The summed E-state index contributed by atoms with van der Waals surface area (Å²) in [4.78, 5) is 23.0. The van der Waals surface area contributed by atoms with E-state index in [1.54, 1.807) is 23.5 Å². The number of carbonyl (C=O) groups is 2. The predicted octanol–water partition coefficient (Wildman–Crippen LogP) is 2.72. The Hall–Kier alpha value is 0.220. The van der Waals surface area contributed by atoms with Crippen LogP contribution >= 0.6 is 46.7 Å². The van der Waals surface area contributed by atoms with Crippen molar-refractivity contribution in [1.29, 1.82) is 0 Å². The predicted molar refractivity (Wildman–Crippen MR) is 101 cm³/mol. The molecule has 0 aliphatic carbocycles. The van der Waals surface area contributed by atoms with Crippen LogP contribution in [0.25, 0.3) is 0 Å². The first-order chi connectivity index (χ1) is 10.7. The summed E-state index contributed by atoms with van der Waals surface area (Å²) < 4.78 is 0. The zero-order valence-electron chi connectivity index (χ0n) is 12.9. The Morgan fingerprint density at radius 1 is 0.727 bits per heavy atom. The van der Waals surface area contributed by atoms with E-state index >= 15 is 0 Å². The highest BCUT2D eigenvalue weighted by molar-refractivity contribution is 7.99. The van der Waals surface area contributed by atoms with E-state index in [1.807, 2.05) is 0 Å². The molecule has 0 unspecified atom stereocenters. The second-order valence-corrected chi connectivity index (χ2v) is 7.72. The Morgan fingerprint density at radius 3 is 1.50 bits per heavy atom. The number of amides is 2. The van der Waals surface area contributed by atoms with Crippen LogP contribution in [0.2, 0.25) is 0 Å². The van der Waals surface area contributed by atoms with Crippen molar-refractivity contribution >= 4 is 58.5 Å². The Balaban J connectivity index is 3.28. The maximum atomic E-state index is 11.5. The molecule has 22 heavy (non-hydrogen) atoms. The standard InChI is InChI=1S/C14H26Cl2N2O2S2/c15-5-11-21-9-3-13(19)17-7-1-2-8-18-14(20)4-10-22-12-6-16/h1-12H2,(H,17,19)(H,18,20). The van der Waals surface area contributed by atoms with Gasteiger partial charge < -0.3 is 10.6 Å². The molecule has 4 nitrogen and oxygen atoms in total. The SMILES string of the molecule is O=C(CCSCCCl)NCCCCNC(=O)CCSCCCl. The van der Waals surface area contributed by atoms with E-state index in [4.69, 9.17) is 23.2 Å². The molecule has 2 N–H and O–H groups in total. The van der Waals surface area contributed by atoms with Crippen molar-refractivity contribution in [3.63, 3.8) is 0 Å². The van der Waals surface area contributed by atoms with E-state index < -0.39 is 0 Å². The molecule has 0 aliphatic heterocycles. The van der Waals surface area contributed by atoms with E-state index in [9.17, 15) is 9.59 Å². The van der Waals surface area contributed by atoms with Gasteiger partial charge in [0, 0.05) is 60.7 Å². The lowest BCUT2D eigenvalue weighted by atomic mass is 10.3. The average molecular weight is 389 g/mol. The summed E-state index contributed by atoms with van der Waals surface area (Å²) in [6, 6.07) is 0. The van der Waals surface area contributed by atoms with Gasteiger partial charge in [-0.1, -0.05) is 0 Å². The molecule has 0 spiro atoms. The highest BCUT2D eigenvalue weighted by Gasteiger charge is 2.02. The lowest BCUT2D eigenvalue weighted by molar-refractivity contribution is -0.121. The first kappa shape index (κ1) is 22.2. The van der Waals surface area contributed by atoms with Crippen molar-refractivity contribution in [3.05, 3.63) is 0 Å². The molecule has 0 fully saturated rings. The molecule has 0 aromatic heterocycles. The first-order valence-corrected chi connectivity index (χ1v) is 10.9. The molecule has 8 heteroatoms. The van der Waals surface area contributed by atoms with Gasteiger partial charge >= 0.3 is 0 Å². The van der Waals surface area contributed by atoms with Crippen molar-refractivity contribution < 1.29 is 9.59 Å². The van der Waals surface area contributed by atoms with E-state index in [1.165, 1.54) is 0 Å². The van der Waals surface area contributed by atoms with Gasteiger partial charge in [0.15, 0.2) is 0 Å². The maximum Gasteiger partial charge on any atom is 0.220 e. The lowest BCUT2D eigenvalue weighted by Gasteiger charge is -2.06. The average Bonchev–Trinajstić information content (AvgIpc) is 2.51. The van der Waals surface area contributed by atoms with Gasteiger partial charge in [0.1, 0.15) is 0 Å². The fraction of sp³-hybridized carbons (Fsp3) is 0.857. The van der Waals surface area contributed by atoms with Crippen molar-refractivity contribution in [1.82, 2.24) is 10.6 Å². The molecule has 0 radical (unpaired) electrons. The summed E-state index contributed by atoms with van der Waals surface area (Å²) in [5, 5.41) is 5.76. The van der Waals surface area contributed by atoms with Crippen LogP contribution in [0.3, 0.4) is 0 Å². The van der Waals surface area contributed by atoms with Crippen LogP contribution in [0.15, 0.2) is 0 Å². The molecular formula is C14H26Cl2N2O2S2. The number of thioether (sulfide) groups is 2. The second kappa shape index (κ2) is 17.6. The van der Waals surface area contributed by atoms with Gasteiger partial charge in [-0.3, -0.25) is 9.59 Å². The topological polar surface area (TPSA) is 58.2 Å². The fourth-order valence-corrected chi connectivity index (χ4v) is 3.47. The molecule has 0 heterocycles. The monoisotopic (exact) mass is 388 g/mol. The van der Waals surface area contributed by atoms with Crippen molar-refractivity contribution in [2.45, 2.75) is 25.7 Å². The van der Waals surface area contributed by atoms with Gasteiger partial charge in [-0.15, -0.1) is 23.2 Å². The number of rotatable bonds is 15. The third-order valence-corrected chi connectivity index (χ3v) is 5.44. The third kappa shape index (κ3) is 16.6. The summed E-state index contributed by atoms with van der Waals surface area (Å²) in [7, 11) is 0. The Bertz CT molecular complexity index is 270. The van der Waals surface area contributed by atoms with Crippen LogP contribution in [0.1, 0.15) is 25.7 Å². The molecule has 2 amide bonds. The maximum absolute atomic E-state index is 11.5. The lowest BCUT2D eigenvalue weighted by Crippen LogP contribution is -2.27. The van der Waals surface area contributed by atoms with Crippen LogP contribution in [-0.4, -0.2) is 59.7 Å². The van der Waals surface area contributed by atoms with E-state index in [-0.39, 0.29) is 11.8 Å². The normalized spacial score (nSPS) is 10.5. The molecule has 0 bridgehead atoms. The summed E-state index contributed by atoms with van der Waals surface area (Å²) >= 11 is 14.5. The van der Waals surface area contributed by atoms with Crippen LogP contribution in [-0.2, 0) is 9.59 Å². The van der Waals surface area contributed by atoms with E-state index in [0.717, 1.165) is 35.9 Å². The smallest absolute Gasteiger partial charge is 0.220 e. The van der Waals surface area contributed by atoms with Crippen molar-refractivity contribution in [2.24, 2.45) is 0 Å². The van der Waals surface area contributed by atoms with E-state index in [2.05, 4.69) is 10.6 Å². The summed E-state index contributed by atoms with van der Waals surface area (Å²) in [6.45, 7) is 1.33. The molecule has 0 aromatic rings. The molecule has 0 aromatic carbocycles. The largest absolute Gasteiger partial charge is 0.356 e. The Morgan fingerprint density at radius 2 is 1.14 bits per heavy atom. The Kier molecular flexibility index (Phi) is 17.7. The third-order valence-electron chi connectivity index (χ3n) is 2.64. The minimum absolute atomic E-state index is 0.0856. The zero-order valence-corrected chi connectivity index (χ0v) is 16.0. The van der Waals surface area contributed by atoms with Crippen LogP contribution in [0.4, 0.5) is 0 Å². The fourth-order valence-electron chi connectivity index (χ4n) is 1.53. The highest BCUT2D eigenvalue weighted by atomic mass is 35.5. The minimum atomic E-state index is 0.0856. The number of hydrogen-bond acceptors (Lipinski definition) is 4. The van der Waals surface area contributed by atoms with Crippen molar-refractivity contribution in [2.75, 3.05) is 47.9 Å². The number of alkyl halides is 2. The van der Waals surface area contributed by atoms with Gasteiger partial charge in [-0.2, -0.15) is 23.5 Å². The van der Waals surface area contributed by atoms with E-state index in [0.29, 0.717) is 37.7 Å². The zero-order chi connectivity index (χ0) is 16.5. The van der Waals surface area contributed by atoms with Gasteiger partial charge in [-0.25, -0.2) is 0 Å². The van der Waals surface area contributed by atoms with Crippen LogP contribution in [0.5, 0.6) is 0 Å². The summed E-state index contributed by atoms with van der Waals surface area (Å²) in [6.07, 6.45) is 2.83. The van der Waals surface area contributed by atoms with Crippen LogP contribution < -0.4 is 10.6 Å².